The minimum Gasteiger partial charge on any atom is -0.380 e. The highest BCUT2D eigenvalue weighted by Gasteiger charge is 2.24. The number of hydrogen-bond donors (Lipinski definition) is 2. The van der Waals surface area contributed by atoms with Crippen molar-refractivity contribution < 1.29 is 14.3 Å². The van der Waals surface area contributed by atoms with E-state index in [1.807, 2.05) is 58.0 Å². The van der Waals surface area contributed by atoms with E-state index in [1.54, 1.807) is 0 Å². The number of benzene rings is 1. The fourth-order valence-corrected chi connectivity index (χ4v) is 2.51. The zero-order valence-electron chi connectivity index (χ0n) is 15.9. The van der Waals surface area contributed by atoms with E-state index in [-0.39, 0.29) is 30.2 Å². The first-order valence-electron chi connectivity index (χ1n) is 9.19. The van der Waals surface area contributed by atoms with Crippen molar-refractivity contribution in [1.82, 2.24) is 10.6 Å². The summed E-state index contributed by atoms with van der Waals surface area (Å²) in [4.78, 5) is 24.9. The zero-order valence-corrected chi connectivity index (χ0v) is 15.9. The number of carbonyl (C=O) groups excluding carboxylic acids is 2. The van der Waals surface area contributed by atoms with Crippen molar-refractivity contribution in [3.8, 4) is 0 Å². The van der Waals surface area contributed by atoms with Crippen molar-refractivity contribution in [3.05, 3.63) is 35.9 Å². The minimum absolute atomic E-state index is 0.0576. The lowest BCUT2D eigenvalue weighted by atomic mass is 10.0. The second-order valence-corrected chi connectivity index (χ2v) is 6.59. The van der Waals surface area contributed by atoms with Crippen molar-refractivity contribution in [2.24, 2.45) is 5.92 Å². The molecular formula is C20H32N2O3. The Hall–Kier alpha value is -1.88. The highest BCUT2D eigenvalue weighted by Crippen LogP contribution is 2.06. The van der Waals surface area contributed by atoms with E-state index in [4.69, 9.17) is 4.74 Å². The number of carbonyl (C=O) groups is 2. The van der Waals surface area contributed by atoms with Gasteiger partial charge in [-0.05, 0) is 24.8 Å². The van der Waals surface area contributed by atoms with E-state index in [1.165, 1.54) is 0 Å². The third-order valence-corrected chi connectivity index (χ3v) is 4.07. The molecule has 2 atom stereocenters. The van der Waals surface area contributed by atoms with Crippen LogP contribution in [-0.2, 0) is 20.7 Å². The van der Waals surface area contributed by atoms with Crippen molar-refractivity contribution in [2.75, 3.05) is 13.2 Å². The Bertz CT molecular complexity index is 517. The molecule has 0 radical (unpaired) electrons. The fourth-order valence-electron chi connectivity index (χ4n) is 2.51. The maximum absolute atomic E-state index is 12.6. The molecule has 0 fully saturated rings. The predicted molar refractivity (Wildman–Crippen MR) is 100 cm³/mol. The van der Waals surface area contributed by atoms with Crippen LogP contribution in [0.15, 0.2) is 30.3 Å². The molecule has 0 bridgehead atoms. The van der Waals surface area contributed by atoms with Gasteiger partial charge in [0.05, 0.1) is 19.1 Å². The lowest BCUT2D eigenvalue weighted by molar-refractivity contribution is -0.129. The largest absolute Gasteiger partial charge is 0.380 e. The second kappa shape index (κ2) is 11.6. The predicted octanol–water partition coefficient (Wildman–Crippen LogP) is 2.69. The Labute approximate surface area is 151 Å². The molecule has 5 heteroatoms. The molecule has 1 aromatic carbocycles. The Morgan fingerprint density at radius 3 is 2.32 bits per heavy atom. The number of rotatable bonds is 11. The Morgan fingerprint density at radius 1 is 1.08 bits per heavy atom. The van der Waals surface area contributed by atoms with Gasteiger partial charge in [0, 0.05) is 6.61 Å². The molecule has 140 valence electrons. The topological polar surface area (TPSA) is 67.4 Å². The van der Waals surface area contributed by atoms with Crippen LogP contribution < -0.4 is 10.6 Å². The van der Waals surface area contributed by atoms with Gasteiger partial charge in [-0.1, -0.05) is 57.5 Å². The van der Waals surface area contributed by atoms with Gasteiger partial charge in [-0.2, -0.15) is 0 Å². The Balaban J connectivity index is 2.63. The summed E-state index contributed by atoms with van der Waals surface area (Å²) in [6, 6.07) is 8.97. The average molecular weight is 348 g/mol. The molecular weight excluding hydrogens is 316 g/mol. The van der Waals surface area contributed by atoms with Gasteiger partial charge in [0.2, 0.25) is 11.8 Å². The van der Waals surface area contributed by atoms with E-state index in [0.29, 0.717) is 19.6 Å². The van der Waals surface area contributed by atoms with E-state index < -0.39 is 6.04 Å². The first kappa shape index (κ1) is 21.2. The summed E-state index contributed by atoms with van der Waals surface area (Å²) in [6.45, 7) is 9.13. The van der Waals surface area contributed by atoms with Crippen molar-refractivity contribution in [3.63, 3.8) is 0 Å². The molecule has 2 amide bonds. The van der Waals surface area contributed by atoms with Gasteiger partial charge in [0.15, 0.2) is 0 Å². The fraction of sp³-hybridized carbons (Fsp3) is 0.600. The van der Waals surface area contributed by atoms with Crippen LogP contribution >= 0.6 is 0 Å². The molecule has 1 aromatic rings. The highest BCUT2D eigenvalue weighted by molar-refractivity contribution is 5.88. The molecule has 0 aromatic heterocycles. The highest BCUT2D eigenvalue weighted by atomic mass is 16.5. The molecule has 0 aliphatic rings. The van der Waals surface area contributed by atoms with Crippen LogP contribution in [0, 0.1) is 5.92 Å². The third-order valence-electron chi connectivity index (χ3n) is 4.07. The SMILES string of the molecule is CCC[C@H](NC(=O)Cc1ccccc1)C(=O)N[C@H](COCC)C(C)C. The van der Waals surface area contributed by atoms with E-state index >= 15 is 0 Å². The van der Waals surface area contributed by atoms with E-state index in [9.17, 15) is 9.59 Å². The van der Waals surface area contributed by atoms with Gasteiger partial charge >= 0.3 is 0 Å². The van der Waals surface area contributed by atoms with Crippen LogP contribution in [0.3, 0.4) is 0 Å². The van der Waals surface area contributed by atoms with Gasteiger partial charge < -0.3 is 15.4 Å². The van der Waals surface area contributed by atoms with Crippen LogP contribution in [0.5, 0.6) is 0 Å². The molecule has 0 saturated heterocycles. The quantitative estimate of drug-likeness (QED) is 0.646. The lowest BCUT2D eigenvalue weighted by Gasteiger charge is -2.25. The van der Waals surface area contributed by atoms with Crippen molar-refractivity contribution in [1.29, 1.82) is 0 Å². The molecule has 0 heterocycles. The molecule has 0 spiro atoms. The molecule has 25 heavy (non-hydrogen) atoms. The molecule has 0 saturated carbocycles. The number of nitrogens with one attached hydrogen (secondary N) is 2. The summed E-state index contributed by atoms with van der Waals surface area (Å²) >= 11 is 0. The monoisotopic (exact) mass is 348 g/mol. The molecule has 2 N–H and O–H groups in total. The van der Waals surface area contributed by atoms with E-state index in [0.717, 1.165) is 12.0 Å². The smallest absolute Gasteiger partial charge is 0.242 e. The van der Waals surface area contributed by atoms with Gasteiger partial charge in [0.25, 0.3) is 0 Å². The van der Waals surface area contributed by atoms with Gasteiger partial charge in [-0.3, -0.25) is 9.59 Å². The zero-order chi connectivity index (χ0) is 18.7. The second-order valence-electron chi connectivity index (χ2n) is 6.59. The normalized spacial score (nSPS) is 13.3. The van der Waals surface area contributed by atoms with Gasteiger partial charge in [-0.25, -0.2) is 0 Å². The summed E-state index contributed by atoms with van der Waals surface area (Å²) < 4.78 is 5.46. The number of amides is 2. The first-order valence-corrected chi connectivity index (χ1v) is 9.19. The van der Waals surface area contributed by atoms with Gasteiger partial charge in [-0.15, -0.1) is 0 Å². The maximum Gasteiger partial charge on any atom is 0.242 e. The molecule has 5 nitrogen and oxygen atoms in total. The standard InChI is InChI=1S/C20H32N2O3/c1-5-10-17(20(24)22-18(15(3)4)14-25-6-2)21-19(23)13-16-11-8-7-9-12-16/h7-9,11-12,15,17-18H,5-6,10,13-14H2,1-4H3,(H,21,23)(H,22,24)/t17-,18+/m0/s1. The maximum atomic E-state index is 12.6. The van der Waals surface area contributed by atoms with Crippen LogP contribution in [0.2, 0.25) is 0 Å². The summed E-state index contributed by atoms with van der Waals surface area (Å²) in [6.07, 6.45) is 1.72. The lowest BCUT2D eigenvalue weighted by Crippen LogP contribution is -2.52. The summed E-state index contributed by atoms with van der Waals surface area (Å²) in [5.41, 5.74) is 0.937. The molecule has 1 rings (SSSR count). The van der Waals surface area contributed by atoms with Crippen molar-refractivity contribution in [2.45, 2.75) is 59.0 Å². The number of ether oxygens (including phenoxy) is 1. The Morgan fingerprint density at radius 2 is 1.76 bits per heavy atom. The molecule has 0 aliphatic heterocycles. The van der Waals surface area contributed by atoms with Crippen LogP contribution in [0.4, 0.5) is 0 Å². The van der Waals surface area contributed by atoms with Crippen LogP contribution in [-0.4, -0.2) is 37.1 Å². The average Bonchev–Trinajstić information content (AvgIpc) is 2.58. The minimum atomic E-state index is -0.510. The summed E-state index contributed by atoms with van der Waals surface area (Å²) in [7, 11) is 0. The molecule has 0 unspecified atom stereocenters. The van der Waals surface area contributed by atoms with Crippen molar-refractivity contribution >= 4 is 11.8 Å². The first-order chi connectivity index (χ1) is 12.0. The molecule has 0 aliphatic carbocycles. The van der Waals surface area contributed by atoms with Crippen LogP contribution in [0.25, 0.3) is 0 Å². The summed E-state index contributed by atoms with van der Waals surface area (Å²) in [5, 5.41) is 5.90. The van der Waals surface area contributed by atoms with E-state index in [2.05, 4.69) is 10.6 Å². The third kappa shape index (κ3) is 8.16. The number of hydrogen-bond acceptors (Lipinski definition) is 3. The van der Waals surface area contributed by atoms with Crippen LogP contribution in [0.1, 0.15) is 46.1 Å². The summed E-state index contributed by atoms with van der Waals surface area (Å²) in [5.74, 6) is -0.00910. The van der Waals surface area contributed by atoms with Gasteiger partial charge in [0.1, 0.15) is 6.04 Å². The Kier molecular flexibility index (Phi) is 9.85.